The Morgan fingerprint density at radius 2 is 1.00 bits per heavy atom. The van der Waals surface area contributed by atoms with Crippen LogP contribution in [0.25, 0.3) is 0 Å². The molecule has 0 aliphatic rings. The molecule has 0 saturated heterocycles. The van der Waals surface area contributed by atoms with Crippen molar-refractivity contribution in [3.63, 3.8) is 0 Å². The van der Waals surface area contributed by atoms with Crippen molar-refractivity contribution in [3.8, 4) is 0 Å². The maximum absolute atomic E-state index is 9.00. The number of hydrogen-bond acceptors (Lipinski definition) is 7. The molecule has 11 nitrogen and oxygen atoms in total. The van der Waals surface area contributed by atoms with Crippen molar-refractivity contribution in [1.29, 1.82) is 0 Å². The Morgan fingerprint density at radius 3 is 1.00 bits per heavy atom. The third-order valence-corrected chi connectivity index (χ3v) is 4.02. The van der Waals surface area contributed by atoms with Gasteiger partial charge in [-0.05, 0) is 0 Å². The summed E-state index contributed by atoms with van der Waals surface area (Å²) in [5, 5.41) is 34.2. The van der Waals surface area contributed by atoms with Crippen molar-refractivity contribution in [2.45, 2.75) is 0 Å². The van der Waals surface area contributed by atoms with Gasteiger partial charge in [-0.3, -0.25) is 9.11 Å². The van der Waals surface area contributed by atoms with Gasteiger partial charge < -0.3 is 11.5 Å². The average molecular weight is 314 g/mol. The number of hydrogen-bond donors (Lipinski definition) is 8. The summed E-state index contributed by atoms with van der Waals surface area (Å²) in [6.45, 7) is 0. The van der Waals surface area contributed by atoms with Gasteiger partial charge in [0.05, 0.1) is 0 Å². The zero-order valence-corrected chi connectivity index (χ0v) is 11.1. The summed E-state index contributed by atoms with van der Waals surface area (Å²) in [5.74, 6) is 0. The number of aliphatic hydroxyl groups is 4. The molecule has 0 aromatic heterocycles. The molecule has 18 heavy (non-hydrogen) atoms. The van der Waals surface area contributed by atoms with Crippen LogP contribution in [0, 0.1) is 0 Å². The van der Waals surface area contributed by atoms with Crippen molar-refractivity contribution < 1.29 is 42.7 Å². The molecule has 0 aliphatic carbocycles. The number of rotatable bonds is 4. The Hall–Kier alpha value is -0.590. The molecule has 0 rings (SSSR count). The third-order valence-electron chi connectivity index (χ3n) is 1.34. The number of amides is 2. The molecule has 0 saturated carbocycles. The van der Waals surface area contributed by atoms with Crippen molar-refractivity contribution in [2.75, 3.05) is 25.4 Å². The van der Waals surface area contributed by atoms with Crippen LogP contribution >= 0.6 is 7.26 Å². The normalized spacial score (nSPS) is 11.4. The van der Waals surface area contributed by atoms with Crippen LogP contribution in [0.4, 0.5) is 4.79 Å². The molecule has 0 radical (unpaired) electrons. The molecule has 114 valence electrons. The SMILES string of the molecule is NC(N)=O.O=S(=O)(O)O.OC[PH](CO)(CO)CO. The van der Waals surface area contributed by atoms with Gasteiger partial charge in [-0.2, -0.15) is 8.42 Å². The Bertz CT molecular complexity index is 275. The average Bonchev–Trinajstić information content (AvgIpc) is 2.19. The summed E-state index contributed by atoms with van der Waals surface area (Å²) >= 11 is 0. The van der Waals surface area contributed by atoms with Gasteiger partial charge in [0.2, 0.25) is 0 Å². The fraction of sp³-hybridized carbons (Fsp3) is 0.800. The van der Waals surface area contributed by atoms with E-state index < -0.39 is 23.7 Å². The van der Waals surface area contributed by atoms with Gasteiger partial charge in [0.25, 0.3) is 0 Å². The van der Waals surface area contributed by atoms with E-state index in [4.69, 9.17) is 42.7 Å². The van der Waals surface area contributed by atoms with Gasteiger partial charge in [0.1, 0.15) is 0 Å². The van der Waals surface area contributed by atoms with Crippen LogP contribution in [0.2, 0.25) is 0 Å². The van der Waals surface area contributed by atoms with Crippen LogP contribution < -0.4 is 11.5 Å². The van der Waals surface area contributed by atoms with E-state index in [2.05, 4.69) is 11.5 Å². The second-order valence-corrected chi connectivity index (χ2v) is 8.14. The quantitative estimate of drug-likeness (QED) is 0.194. The number of nitrogens with two attached hydrogens (primary N) is 2. The minimum atomic E-state index is -4.67. The number of primary amides is 2. The molecule has 0 unspecified atom stereocenters. The van der Waals surface area contributed by atoms with E-state index >= 15 is 0 Å². The predicted molar refractivity (Wildman–Crippen MR) is 64.6 cm³/mol. The summed E-state index contributed by atoms with van der Waals surface area (Å²) in [6.07, 6.45) is -1.07. The van der Waals surface area contributed by atoms with E-state index in [-0.39, 0.29) is 25.4 Å². The zero-order valence-electron chi connectivity index (χ0n) is 9.30. The van der Waals surface area contributed by atoms with E-state index in [9.17, 15) is 0 Å². The third kappa shape index (κ3) is 24.6. The number of carbonyl (C=O) groups is 1. The monoisotopic (exact) mass is 314 g/mol. The molecule has 0 aromatic rings. The topological polar surface area (TPSA) is 225 Å². The first-order valence-electron chi connectivity index (χ1n) is 4.16. The number of carbonyl (C=O) groups excluding carboxylic acids is 1. The van der Waals surface area contributed by atoms with Gasteiger partial charge in [-0.25, -0.2) is 4.79 Å². The summed E-state index contributed by atoms with van der Waals surface area (Å²) in [6, 6.07) is -0.833. The zero-order chi connectivity index (χ0) is 15.4. The summed E-state index contributed by atoms with van der Waals surface area (Å²) in [5.41, 5.74) is 8.50. The molecule has 0 atom stereocenters. The summed E-state index contributed by atoms with van der Waals surface area (Å²) in [7, 11) is -7.14. The van der Waals surface area contributed by atoms with Crippen molar-refractivity contribution in [2.24, 2.45) is 11.5 Å². The first-order valence-corrected chi connectivity index (χ1v) is 8.38. The van der Waals surface area contributed by atoms with E-state index in [1.165, 1.54) is 0 Å². The van der Waals surface area contributed by atoms with Crippen molar-refractivity contribution in [1.82, 2.24) is 0 Å². The molecule has 0 bridgehead atoms. The van der Waals surface area contributed by atoms with Gasteiger partial charge >= 0.3 is 69.5 Å². The summed E-state index contributed by atoms with van der Waals surface area (Å²) in [4.78, 5) is 9.00. The van der Waals surface area contributed by atoms with Crippen LogP contribution in [0.5, 0.6) is 0 Å². The van der Waals surface area contributed by atoms with Gasteiger partial charge in [-0.15, -0.1) is 0 Å². The first-order chi connectivity index (χ1) is 7.97. The molecule has 10 N–H and O–H groups in total. The fourth-order valence-corrected chi connectivity index (χ4v) is 0.900. The number of urea groups is 1. The number of aliphatic hydroxyl groups excluding tert-OH is 4. The van der Waals surface area contributed by atoms with Crippen LogP contribution in [0.1, 0.15) is 0 Å². The standard InChI is InChI=1S/C4H13O4P.CH4N2O.H2O4S/c5-1-9(2-6,3-7)4-8;2-1(3)4;1-5(2,3)4/h5-9H,1-4H2;(H4,2,3,4);(H2,1,2,3,4). The Morgan fingerprint density at radius 1 is 0.889 bits per heavy atom. The molecular weight excluding hydrogens is 295 g/mol. The van der Waals surface area contributed by atoms with Crippen molar-refractivity contribution >= 4 is 23.7 Å². The molecule has 0 fully saturated rings. The molecule has 13 heteroatoms. The fourth-order valence-electron chi connectivity index (χ4n) is 0.300. The predicted octanol–water partition coefficient (Wildman–Crippen LogP) is -3.09. The van der Waals surface area contributed by atoms with E-state index in [1.54, 1.807) is 0 Å². The van der Waals surface area contributed by atoms with Crippen LogP contribution in [0.15, 0.2) is 0 Å². The molecule has 2 amide bonds. The minimum absolute atomic E-state index is 0.267. The summed E-state index contributed by atoms with van der Waals surface area (Å²) < 4.78 is 31.6. The van der Waals surface area contributed by atoms with E-state index in [0.29, 0.717) is 0 Å². The van der Waals surface area contributed by atoms with E-state index in [1.807, 2.05) is 0 Å². The van der Waals surface area contributed by atoms with Gasteiger partial charge in [-0.1, -0.05) is 0 Å². The second kappa shape index (κ2) is 11.5. The van der Waals surface area contributed by atoms with E-state index in [0.717, 1.165) is 0 Å². The van der Waals surface area contributed by atoms with Crippen LogP contribution in [-0.2, 0) is 10.4 Å². The van der Waals surface area contributed by atoms with Crippen molar-refractivity contribution in [3.05, 3.63) is 0 Å². The first kappa shape index (κ1) is 22.6. The van der Waals surface area contributed by atoms with Crippen LogP contribution in [0.3, 0.4) is 0 Å². The van der Waals surface area contributed by atoms with Gasteiger partial charge in [0.15, 0.2) is 0 Å². The maximum atomic E-state index is 9.00. The Labute approximate surface area is 104 Å². The Balaban J connectivity index is -0.000000212. The second-order valence-electron chi connectivity index (χ2n) is 2.98. The molecule has 0 spiro atoms. The molecule has 0 heterocycles. The van der Waals surface area contributed by atoms with Crippen LogP contribution in [-0.4, -0.2) is 69.4 Å². The molecule has 0 aliphatic heterocycles. The van der Waals surface area contributed by atoms with Gasteiger partial charge in [0, 0.05) is 0 Å². The molecular formula is C5H19N2O9PS. The Kier molecular flexibility index (Phi) is 14.4. The molecule has 0 aromatic carbocycles.